The molecule has 0 aliphatic carbocycles. The fourth-order valence-electron chi connectivity index (χ4n) is 1.02. The number of nitrogens with two attached hydrogens (primary N) is 1. The standard InChI is InChI=1S/C6H12N2O2/c7-1-5-2-8(3-5)6(10)4-9/h5,9H,1-4,7H2. The molecule has 4 heteroatoms. The zero-order chi connectivity index (χ0) is 7.56. The molecule has 0 aromatic heterocycles. The molecule has 1 heterocycles. The van der Waals surface area contributed by atoms with Crippen molar-refractivity contribution in [3.05, 3.63) is 0 Å². The molecular formula is C6H12N2O2. The summed E-state index contributed by atoms with van der Waals surface area (Å²) in [4.78, 5) is 12.3. The van der Waals surface area contributed by atoms with Crippen molar-refractivity contribution in [3.63, 3.8) is 0 Å². The first-order valence-corrected chi connectivity index (χ1v) is 3.36. The molecule has 58 valence electrons. The van der Waals surface area contributed by atoms with E-state index in [2.05, 4.69) is 0 Å². The van der Waals surface area contributed by atoms with Crippen molar-refractivity contribution in [3.8, 4) is 0 Å². The Labute approximate surface area is 59.6 Å². The van der Waals surface area contributed by atoms with Crippen LogP contribution in [0.2, 0.25) is 0 Å². The Hall–Kier alpha value is -0.610. The lowest BCUT2D eigenvalue weighted by Crippen LogP contribution is -2.53. The Morgan fingerprint density at radius 2 is 2.30 bits per heavy atom. The summed E-state index contributed by atoms with van der Waals surface area (Å²) >= 11 is 0. The molecule has 1 saturated heterocycles. The van der Waals surface area contributed by atoms with E-state index < -0.39 is 0 Å². The average Bonchev–Trinajstić information content (AvgIpc) is 1.85. The molecule has 1 aliphatic heterocycles. The lowest BCUT2D eigenvalue weighted by atomic mass is 10.0. The number of rotatable bonds is 2. The van der Waals surface area contributed by atoms with Crippen LogP contribution >= 0.6 is 0 Å². The van der Waals surface area contributed by atoms with Crippen LogP contribution in [0.25, 0.3) is 0 Å². The van der Waals surface area contributed by atoms with Gasteiger partial charge in [-0.15, -0.1) is 0 Å². The van der Waals surface area contributed by atoms with Gasteiger partial charge in [0.25, 0.3) is 0 Å². The van der Waals surface area contributed by atoms with Crippen LogP contribution in [0.1, 0.15) is 0 Å². The van der Waals surface area contributed by atoms with Crippen molar-refractivity contribution >= 4 is 5.91 Å². The lowest BCUT2D eigenvalue weighted by molar-refractivity contribution is -0.140. The SMILES string of the molecule is NCC1CN(C(=O)CO)C1. The smallest absolute Gasteiger partial charge is 0.248 e. The van der Waals surface area contributed by atoms with E-state index in [4.69, 9.17) is 10.8 Å². The van der Waals surface area contributed by atoms with Crippen molar-refractivity contribution < 1.29 is 9.90 Å². The first-order valence-electron chi connectivity index (χ1n) is 3.36. The summed E-state index contributed by atoms with van der Waals surface area (Å²) < 4.78 is 0. The van der Waals surface area contributed by atoms with Crippen LogP contribution in [0.5, 0.6) is 0 Å². The van der Waals surface area contributed by atoms with Gasteiger partial charge in [0.2, 0.25) is 5.91 Å². The third-order valence-electron chi connectivity index (χ3n) is 1.78. The molecule has 10 heavy (non-hydrogen) atoms. The number of hydrogen-bond donors (Lipinski definition) is 2. The van der Waals surface area contributed by atoms with Gasteiger partial charge in [-0.2, -0.15) is 0 Å². The van der Waals surface area contributed by atoms with E-state index in [1.807, 2.05) is 0 Å². The second-order valence-electron chi connectivity index (χ2n) is 2.56. The van der Waals surface area contributed by atoms with E-state index >= 15 is 0 Å². The Morgan fingerprint density at radius 1 is 1.70 bits per heavy atom. The molecule has 0 aromatic rings. The highest BCUT2D eigenvalue weighted by atomic mass is 16.3. The fourth-order valence-corrected chi connectivity index (χ4v) is 1.02. The Kier molecular flexibility index (Phi) is 2.24. The minimum Gasteiger partial charge on any atom is -0.387 e. The maximum absolute atomic E-state index is 10.7. The molecule has 1 rings (SSSR count). The van der Waals surface area contributed by atoms with E-state index in [1.165, 1.54) is 0 Å². The van der Waals surface area contributed by atoms with Gasteiger partial charge in [0.05, 0.1) is 0 Å². The molecule has 1 aliphatic rings. The number of likely N-dealkylation sites (tertiary alicyclic amines) is 1. The molecule has 1 fully saturated rings. The van der Waals surface area contributed by atoms with Gasteiger partial charge in [0.15, 0.2) is 0 Å². The molecule has 0 aromatic carbocycles. The number of aliphatic hydroxyl groups is 1. The molecule has 0 saturated carbocycles. The highest BCUT2D eigenvalue weighted by Crippen LogP contribution is 2.12. The molecule has 1 amide bonds. The molecule has 0 radical (unpaired) electrons. The van der Waals surface area contributed by atoms with Crippen molar-refractivity contribution in [2.75, 3.05) is 26.2 Å². The van der Waals surface area contributed by atoms with Gasteiger partial charge in [-0.25, -0.2) is 0 Å². The van der Waals surface area contributed by atoms with E-state index in [-0.39, 0.29) is 12.5 Å². The Morgan fingerprint density at radius 3 is 2.70 bits per heavy atom. The zero-order valence-electron chi connectivity index (χ0n) is 5.79. The van der Waals surface area contributed by atoms with Crippen molar-refractivity contribution in [1.82, 2.24) is 4.90 Å². The average molecular weight is 144 g/mol. The predicted molar refractivity (Wildman–Crippen MR) is 36.2 cm³/mol. The van der Waals surface area contributed by atoms with Crippen LogP contribution in [-0.4, -0.2) is 42.2 Å². The van der Waals surface area contributed by atoms with Gasteiger partial charge in [-0.1, -0.05) is 0 Å². The van der Waals surface area contributed by atoms with Gasteiger partial charge in [0, 0.05) is 19.0 Å². The molecule has 0 bridgehead atoms. The normalized spacial score (nSPS) is 18.8. The highest BCUT2D eigenvalue weighted by Gasteiger charge is 2.28. The third kappa shape index (κ3) is 1.27. The first kappa shape index (κ1) is 7.50. The first-order chi connectivity index (χ1) is 4.77. The van der Waals surface area contributed by atoms with Crippen LogP contribution < -0.4 is 5.73 Å². The van der Waals surface area contributed by atoms with Crippen LogP contribution in [-0.2, 0) is 4.79 Å². The van der Waals surface area contributed by atoms with E-state index in [0.717, 1.165) is 13.1 Å². The summed E-state index contributed by atoms with van der Waals surface area (Å²) in [5.74, 6) is 0.264. The maximum Gasteiger partial charge on any atom is 0.248 e. The van der Waals surface area contributed by atoms with Crippen LogP contribution in [0.3, 0.4) is 0 Å². The molecule has 0 atom stereocenters. The second kappa shape index (κ2) is 2.98. The van der Waals surface area contributed by atoms with Gasteiger partial charge in [-0.05, 0) is 6.54 Å². The maximum atomic E-state index is 10.7. The number of amides is 1. The molecule has 0 spiro atoms. The van der Waals surface area contributed by atoms with E-state index in [9.17, 15) is 4.79 Å². The zero-order valence-corrected chi connectivity index (χ0v) is 5.79. The monoisotopic (exact) mass is 144 g/mol. The van der Waals surface area contributed by atoms with Crippen LogP contribution in [0.15, 0.2) is 0 Å². The highest BCUT2D eigenvalue weighted by molar-refractivity contribution is 5.77. The Bertz CT molecular complexity index is 132. The van der Waals surface area contributed by atoms with Crippen molar-refractivity contribution in [2.45, 2.75) is 0 Å². The summed E-state index contributed by atoms with van der Waals surface area (Å²) in [6.45, 7) is 1.69. The van der Waals surface area contributed by atoms with Gasteiger partial charge in [-0.3, -0.25) is 4.79 Å². The van der Waals surface area contributed by atoms with Gasteiger partial charge in [0.1, 0.15) is 6.61 Å². The topological polar surface area (TPSA) is 66.6 Å². The van der Waals surface area contributed by atoms with Crippen LogP contribution in [0, 0.1) is 5.92 Å². The third-order valence-corrected chi connectivity index (χ3v) is 1.78. The predicted octanol–water partition coefficient (Wildman–Crippen LogP) is -1.60. The Balaban J connectivity index is 2.19. The summed E-state index contributed by atoms with van der Waals surface area (Å²) in [5.41, 5.74) is 5.34. The van der Waals surface area contributed by atoms with E-state index in [1.54, 1.807) is 4.90 Å². The number of hydrogen-bond acceptors (Lipinski definition) is 3. The lowest BCUT2D eigenvalue weighted by Gasteiger charge is -2.38. The number of aliphatic hydroxyl groups excluding tert-OH is 1. The van der Waals surface area contributed by atoms with E-state index in [0.29, 0.717) is 12.5 Å². The van der Waals surface area contributed by atoms with Crippen LogP contribution in [0.4, 0.5) is 0 Å². The van der Waals surface area contributed by atoms with Gasteiger partial charge >= 0.3 is 0 Å². The van der Waals surface area contributed by atoms with Crippen molar-refractivity contribution in [2.24, 2.45) is 11.7 Å². The summed E-state index contributed by atoms with van der Waals surface area (Å²) in [5, 5.41) is 8.41. The molecule has 3 N–H and O–H groups in total. The largest absolute Gasteiger partial charge is 0.387 e. The van der Waals surface area contributed by atoms with Gasteiger partial charge < -0.3 is 15.7 Å². The second-order valence-corrected chi connectivity index (χ2v) is 2.56. The molecular weight excluding hydrogens is 132 g/mol. The minimum atomic E-state index is -0.378. The fraction of sp³-hybridized carbons (Fsp3) is 0.833. The number of carbonyl (C=O) groups excluding carboxylic acids is 1. The summed E-state index contributed by atoms with van der Waals surface area (Å²) in [6.07, 6.45) is 0. The molecule has 0 unspecified atom stereocenters. The summed E-state index contributed by atoms with van der Waals surface area (Å²) in [6, 6.07) is 0. The summed E-state index contributed by atoms with van der Waals surface area (Å²) in [7, 11) is 0. The minimum absolute atomic E-state index is 0.190. The van der Waals surface area contributed by atoms with Crippen molar-refractivity contribution in [1.29, 1.82) is 0 Å². The number of carbonyl (C=O) groups is 1. The molecule has 4 nitrogen and oxygen atoms in total. The quantitative estimate of drug-likeness (QED) is 0.490. The number of nitrogens with zero attached hydrogens (tertiary/aromatic N) is 1.